The average Bonchev–Trinajstić information content (AvgIpc) is 2.74. The summed E-state index contributed by atoms with van der Waals surface area (Å²) >= 11 is 0. The Morgan fingerprint density at radius 1 is 1.11 bits per heavy atom. The molecule has 2 heterocycles. The van der Waals surface area contributed by atoms with Gasteiger partial charge in [0.1, 0.15) is 6.10 Å². The van der Waals surface area contributed by atoms with Crippen molar-refractivity contribution in [1.82, 2.24) is 20.4 Å². The lowest BCUT2D eigenvalue weighted by Gasteiger charge is -2.31. The molecule has 1 aromatic heterocycles. The number of hydrogen-bond acceptors (Lipinski definition) is 6. The molecule has 0 unspecified atom stereocenters. The second-order valence-electron chi connectivity index (χ2n) is 6.67. The third-order valence-corrected chi connectivity index (χ3v) is 4.68. The molecule has 0 atom stereocenters. The van der Waals surface area contributed by atoms with Crippen molar-refractivity contribution in [3.8, 4) is 17.4 Å². The number of likely N-dealkylation sites (tertiary alicyclic amines) is 1. The summed E-state index contributed by atoms with van der Waals surface area (Å²) in [6.45, 7) is 3.59. The van der Waals surface area contributed by atoms with Crippen LogP contribution < -0.4 is 19.5 Å². The molecule has 0 radical (unpaired) electrons. The first kappa shape index (κ1) is 19.7. The van der Waals surface area contributed by atoms with E-state index in [4.69, 9.17) is 14.2 Å². The van der Waals surface area contributed by atoms with Crippen molar-refractivity contribution in [1.29, 1.82) is 0 Å². The number of carbonyl (C=O) groups is 1. The lowest BCUT2D eigenvalue weighted by atomic mass is 10.1. The van der Waals surface area contributed by atoms with Crippen LogP contribution in [0.4, 0.5) is 4.79 Å². The SMILES string of the molecule is COc1ccc(CNC(=O)N2CCC(Oc3ccc(C)nn3)CC2)cc1OC. The first-order valence-corrected chi connectivity index (χ1v) is 9.29. The Labute approximate surface area is 164 Å². The maximum Gasteiger partial charge on any atom is 0.317 e. The van der Waals surface area contributed by atoms with Gasteiger partial charge in [0, 0.05) is 38.5 Å². The number of methoxy groups -OCH3 is 2. The predicted molar refractivity (Wildman–Crippen MR) is 104 cm³/mol. The molecule has 28 heavy (non-hydrogen) atoms. The van der Waals surface area contributed by atoms with Crippen LogP contribution in [0.2, 0.25) is 0 Å². The summed E-state index contributed by atoms with van der Waals surface area (Å²) < 4.78 is 16.4. The van der Waals surface area contributed by atoms with Crippen molar-refractivity contribution in [3.63, 3.8) is 0 Å². The van der Waals surface area contributed by atoms with Crippen LogP contribution in [0.5, 0.6) is 17.4 Å². The second kappa shape index (κ2) is 9.25. The van der Waals surface area contributed by atoms with Crippen LogP contribution in [-0.2, 0) is 6.54 Å². The number of ether oxygens (including phenoxy) is 3. The fourth-order valence-corrected chi connectivity index (χ4v) is 3.08. The van der Waals surface area contributed by atoms with Crippen molar-refractivity contribution < 1.29 is 19.0 Å². The number of amides is 2. The lowest BCUT2D eigenvalue weighted by molar-refractivity contribution is 0.106. The zero-order valence-electron chi connectivity index (χ0n) is 16.5. The molecule has 3 rings (SSSR count). The van der Waals surface area contributed by atoms with Crippen molar-refractivity contribution in [2.45, 2.75) is 32.4 Å². The molecule has 0 bridgehead atoms. The molecule has 8 heteroatoms. The van der Waals surface area contributed by atoms with Gasteiger partial charge in [-0.25, -0.2) is 4.79 Å². The topological polar surface area (TPSA) is 85.8 Å². The van der Waals surface area contributed by atoms with Crippen molar-refractivity contribution in [3.05, 3.63) is 41.6 Å². The smallest absolute Gasteiger partial charge is 0.317 e. The molecule has 0 aliphatic carbocycles. The quantitative estimate of drug-likeness (QED) is 0.821. The van der Waals surface area contributed by atoms with Crippen molar-refractivity contribution >= 4 is 6.03 Å². The van der Waals surface area contributed by atoms with E-state index in [1.165, 1.54) is 0 Å². The molecule has 2 amide bonds. The maximum absolute atomic E-state index is 12.4. The predicted octanol–water partition coefficient (Wildman–Crippen LogP) is 2.56. The molecule has 0 saturated carbocycles. The monoisotopic (exact) mass is 386 g/mol. The number of nitrogens with zero attached hydrogens (tertiary/aromatic N) is 3. The van der Waals surface area contributed by atoms with Crippen LogP contribution in [0, 0.1) is 6.92 Å². The Hall–Kier alpha value is -3.03. The molecule has 8 nitrogen and oxygen atoms in total. The van der Waals surface area contributed by atoms with Gasteiger partial charge < -0.3 is 24.4 Å². The van der Waals surface area contributed by atoms with E-state index in [1.807, 2.05) is 37.3 Å². The van der Waals surface area contributed by atoms with Crippen molar-refractivity contribution in [2.75, 3.05) is 27.3 Å². The Morgan fingerprint density at radius 2 is 1.86 bits per heavy atom. The fraction of sp³-hybridized carbons (Fsp3) is 0.450. The normalized spacial score (nSPS) is 14.5. The number of aromatic nitrogens is 2. The molecule has 150 valence electrons. The Bertz CT molecular complexity index is 789. The third-order valence-electron chi connectivity index (χ3n) is 4.68. The van der Waals surface area contributed by atoms with Gasteiger partial charge in [-0.3, -0.25) is 0 Å². The van der Waals surface area contributed by atoms with E-state index in [-0.39, 0.29) is 12.1 Å². The van der Waals surface area contributed by atoms with E-state index < -0.39 is 0 Å². The second-order valence-corrected chi connectivity index (χ2v) is 6.67. The molecule has 1 aliphatic rings. The minimum atomic E-state index is -0.0802. The highest BCUT2D eigenvalue weighted by atomic mass is 16.5. The van der Waals surface area contributed by atoms with E-state index in [0.717, 1.165) is 24.1 Å². The van der Waals surface area contributed by atoms with Crippen LogP contribution in [0.15, 0.2) is 30.3 Å². The van der Waals surface area contributed by atoms with E-state index >= 15 is 0 Å². The van der Waals surface area contributed by atoms with Gasteiger partial charge in [-0.15, -0.1) is 5.10 Å². The summed E-state index contributed by atoms with van der Waals surface area (Å²) in [5.74, 6) is 1.84. The van der Waals surface area contributed by atoms with E-state index in [2.05, 4.69) is 15.5 Å². The number of nitrogens with one attached hydrogen (secondary N) is 1. The standard InChI is InChI=1S/C20H26N4O4/c1-14-4-7-19(23-22-14)28-16-8-10-24(11-9-16)20(25)21-13-15-5-6-17(26-2)18(12-15)27-3/h4-7,12,16H,8-11,13H2,1-3H3,(H,21,25). The van der Waals surface area contributed by atoms with Gasteiger partial charge in [-0.05, 0) is 30.7 Å². The first-order valence-electron chi connectivity index (χ1n) is 9.29. The maximum atomic E-state index is 12.4. The van der Waals surface area contributed by atoms with Gasteiger partial charge >= 0.3 is 6.03 Å². The lowest BCUT2D eigenvalue weighted by Crippen LogP contribution is -2.46. The molecule has 1 saturated heterocycles. The van der Waals surface area contributed by atoms with Crippen LogP contribution in [0.1, 0.15) is 24.1 Å². The summed E-state index contributed by atoms with van der Waals surface area (Å²) in [6, 6.07) is 9.22. The van der Waals surface area contributed by atoms with Gasteiger partial charge in [-0.1, -0.05) is 6.07 Å². The zero-order valence-corrected chi connectivity index (χ0v) is 16.5. The minimum Gasteiger partial charge on any atom is -0.493 e. The summed E-state index contributed by atoms with van der Waals surface area (Å²) in [7, 11) is 3.19. The minimum absolute atomic E-state index is 0.0481. The van der Waals surface area contributed by atoms with E-state index in [1.54, 1.807) is 19.1 Å². The highest BCUT2D eigenvalue weighted by molar-refractivity contribution is 5.74. The highest BCUT2D eigenvalue weighted by Crippen LogP contribution is 2.27. The van der Waals surface area contributed by atoms with Gasteiger partial charge in [0.2, 0.25) is 5.88 Å². The number of hydrogen-bond donors (Lipinski definition) is 1. The molecular formula is C20H26N4O4. The average molecular weight is 386 g/mol. The number of piperidine rings is 1. The first-order chi connectivity index (χ1) is 13.6. The number of rotatable bonds is 6. The van der Waals surface area contributed by atoms with Gasteiger partial charge in [0.25, 0.3) is 0 Å². The third kappa shape index (κ3) is 5.03. The molecular weight excluding hydrogens is 360 g/mol. The Morgan fingerprint density at radius 3 is 2.50 bits per heavy atom. The van der Waals surface area contributed by atoms with Crippen LogP contribution >= 0.6 is 0 Å². The van der Waals surface area contributed by atoms with Crippen molar-refractivity contribution in [2.24, 2.45) is 0 Å². The molecule has 1 N–H and O–H groups in total. The summed E-state index contributed by atoms with van der Waals surface area (Å²) in [5, 5.41) is 11.0. The summed E-state index contributed by atoms with van der Waals surface area (Å²) in [5.41, 5.74) is 1.80. The van der Waals surface area contributed by atoms with Crippen LogP contribution in [0.25, 0.3) is 0 Å². The molecule has 1 aromatic carbocycles. The van der Waals surface area contributed by atoms with Gasteiger partial charge in [0.05, 0.1) is 19.9 Å². The number of carbonyl (C=O) groups excluding carboxylic acids is 1. The Kier molecular flexibility index (Phi) is 6.52. The Balaban J connectivity index is 1.45. The molecule has 1 fully saturated rings. The van der Waals surface area contributed by atoms with E-state index in [0.29, 0.717) is 37.0 Å². The number of aryl methyl sites for hydroxylation is 1. The molecule has 0 spiro atoms. The van der Waals surface area contributed by atoms with Crippen LogP contribution in [0.3, 0.4) is 0 Å². The van der Waals surface area contributed by atoms with Gasteiger partial charge in [-0.2, -0.15) is 5.10 Å². The number of benzene rings is 1. The molecule has 2 aromatic rings. The summed E-state index contributed by atoms with van der Waals surface area (Å²) in [4.78, 5) is 14.3. The summed E-state index contributed by atoms with van der Waals surface area (Å²) in [6.07, 6.45) is 1.57. The molecule has 1 aliphatic heterocycles. The van der Waals surface area contributed by atoms with Crippen LogP contribution in [-0.4, -0.2) is 54.5 Å². The largest absolute Gasteiger partial charge is 0.493 e. The number of urea groups is 1. The van der Waals surface area contributed by atoms with Gasteiger partial charge in [0.15, 0.2) is 11.5 Å². The fourth-order valence-electron chi connectivity index (χ4n) is 3.08. The zero-order chi connectivity index (χ0) is 19.9. The van der Waals surface area contributed by atoms with E-state index in [9.17, 15) is 4.79 Å². The highest BCUT2D eigenvalue weighted by Gasteiger charge is 2.24.